The normalized spacial score (nSPS) is 12.7. The van der Waals surface area contributed by atoms with Gasteiger partial charge < -0.3 is 14.8 Å². The van der Waals surface area contributed by atoms with E-state index in [0.29, 0.717) is 12.4 Å². The summed E-state index contributed by atoms with van der Waals surface area (Å²) in [6.45, 7) is 7.52. The number of alkyl carbamates (subject to hydrolysis) is 1. The number of hydrogen-bond acceptors (Lipinski definition) is 5. The first kappa shape index (κ1) is 15.2. The average molecular weight is 267 g/mol. The number of hydrogen-bond donors (Lipinski definition) is 1. The van der Waals surface area contributed by atoms with E-state index in [1.165, 1.54) is 7.11 Å². The average Bonchev–Trinajstić information content (AvgIpc) is 2.27. The first-order chi connectivity index (χ1) is 8.80. The molecule has 1 aromatic heterocycles. The fourth-order valence-electron chi connectivity index (χ4n) is 1.45. The Bertz CT molecular complexity index is 412. The van der Waals surface area contributed by atoms with E-state index in [1.54, 1.807) is 12.4 Å². The number of amides is 1. The van der Waals surface area contributed by atoms with Gasteiger partial charge >= 0.3 is 12.1 Å². The molecule has 1 aromatic rings. The fourth-order valence-corrected chi connectivity index (χ4v) is 1.45. The van der Waals surface area contributed by atoms with Crippen LogP contribution in [0.5, 0.6) is 6.01 Å². The minimum Gasteiger partial charge on any atom is -0.467 e. The van der Waals surface area contributed by atoms with Crippen LogP contribution in [-0.4, -0.2) is 34.8 Å². The molecule has 0 spiro atoms. The summed E-state index contributed by atoms with van der Waals surface area (Å²) < 4.78 is 10.1. The molecule has 106 valence electrons. The van der Waals surface area contributed by atoms with E-state index < -0.39 is 6.09 Å². The maximum Gasteiger partial charge on any atom is 0.407 e. The molecular formula is C13H21N3O3. The largest absolute Gasteiger partial charge is 0.467 e. The molecule has 0 aliphatic heterocycles. The zero-order valence-corrected chi connectivity index (χ0v) is 12.1. The van der Waals surface area contributed by atoms with Crippen LogP contribution in [0.1, 0.15) is 33.3 Å². The Morgan fingerprint density at radius 3 is 2.42 bits per heavy atom. The van der Waals surface area contributed by atoms with Crippen LogP contribution >= 0.6 is 0 Å². The first-order valence-corrected chi connectivity index (χ1v) is 6.14. The summed E-state index contributed by atoms with van der Waals surface area (Å²) in [6, 6.07) is 0.322. The minimum absolute atomic E-state index is 0.251. The molecule has 1 atom stereocenters. The van der Waals surface area contributed by atoms with Gasteiger partial charge in [-0.1, -0.05) is 0 Å². The van der Waals surface area contributed by atoms with Crippen molar-refractivity contribution in [2.45, 2.75) is 45.8 Å². The molecule has 6 nitrogen and oxygen atoms in total. The van der Waals surface area contributed by atoms with Gasteiger partial charge in [0.15, 0.2) is 0 Å². The summed E-state index contributed by atoms with van der Waals surface area (Å²) in [5.41, 5.74) is 0.580. The summed E-state index contributed by atoms with van der Waals surface area (Å²) in [5.74, 6) is 0. The van der Waals surface area contributed by atoms with E-state index in [2.05, 4.69) is 15.3 Å². The van der Waals surface area contributed by atoms with Crippen molar-refractivity contribution in [2.75, 3.05) is 7.11 Å². The molecule has 1 N–H and O–H groups in total. The summed E-state index contributed by atoms with van der Waals surface area (Å²) in [6.07, 6.45) is 3.20. The maximum atomic E-state index is 11.6. The molecule has 0 aliphatic rings. The van der Waals surface area contributed by atoms with Gasteiger partial charge in [-0.2, -0.15) is 0 Å². The van der Waals surface area contributed by atoms with Gasteiger partial charge in [0.2, 0.25) is 0 Å². The molecule has 0 radical (unpaired) electrons. The second kappa shape index (κ2) is 6.36. The smallest absolute Gasteiger partial charge is 0.407 e. The highest BCUT2D eigenvalue weighted by molar-refractivity contribution is 5.68. The lowest BCUT2D eigenvalue weighted by Gasteiger charge is -2.22. The lowest BCUT2D eigenvalue weighted by Crippen LogP contribution is -2.42. The van der Waals surface area contributed by atoms with Crippen LogP contribution in [0.2, 0.25) is 0 Å². The Kier molecular flexibility index (Phi) is 5.09. The second-order valence-corrected chi connectivity index (χ2v) is 5.37. The highest BCUT2D eigenvalue weighted by Crippen LogP contribution is 2.07. The van der Waals surface area contributed by atoms with Crippen molar-refractivity contribution in [1.29, 1.82) is 0 Å². The predicted octanol–water partition coefficient (Wildman–Crippen LogP) is 1.94. The number of carbonyl (C=O) groups excluding carboxylic acids is 1. The van der Waals surface area contributed by atoms with Crippen LogP contribution in [0, 0.1) is 0 Å². The molecule has 0 saturated heterocycles. The first-order valence-electron chi connectivity index (χ1n) is 6.14. The molecule has 19 heavy (non-hydrogen) atoms. The third-order valence-electron chi connectivity index (χ3n) is 2.17. The molecule has 1 heterocycles. The van der Waals surface area contributed by atoms with Crippen LogP contribution in [0.15, 0.2) is 12.4 Å². The fraction of sp³-hybridized carbons (Fsp3) is 0.615. The third kappa shape index (κ3) is 6.03. The van der Waals surface area contributed by atoms with E-state index in [-0.39, 0.29) is 11.6 Å². The standard InChI is InChI=1S/C13H21N3O3/c1-9(19-12(17)16-13(2,3)4)6-10-7-14-11(18-5)15-8-10/h7-9H,6H2,1-5H3,(H,16,17). The van der Waals surface area contributed by atoms with Crippen LogP contribution in [0.25, 0.3) is 0 Å². The molecular weight excluding hydrogens is 246 g/mol. The number of nitrogens with one attached hydrogen (secondary N) is 1. The van der Waals surface area contributed by atoms with Crippen molar-refractivity contribution in [1.82, 2.24) is 15.3 Å². The van der Waals surface area contributed by atoms with E-state index in [0.717, 1.165) is 5.56 Å². The van der Waals surface area contributed by atoms with Gasteiger partial charge in [-0.15, -0.1) is 0 Å². The minimum atomic E-state index is -0.422. The lowest BCUT2D eigenvalue weighted by molar-refractivity contribution is 0.0999. The van der Waals surface area contributed by atoms with Crippen molar-refractivity contribution in [3.05, 3.63) is 18.0 Å². The molecule has 0 fully saturated rings. The van der Waals surface area contributed by atoms with Crippen molar-refractivity contribution in [3.8, 4) is 6.01 Å². The van der Waals surface area contributed by atoms with Gasteiger partial charge in [0, 0.05) is 24.4 Å². The molecule has 1 amide bonds. The van der Waals surface area contributed by atoms with Gasteiger partial charge in [0.1, 0.15) is 6.10 Å². The SMILES string of the molecule is COc1ncc(CC(C)OC(=O)NC(C)(C)C)cn1. The second-order valence-electron chi connectivity index (χ2n) is 5.37. The molecule has 0 bridgehead atoms. The Labute approximate surface area is 113 Å². The molecule has 6 heteroatoms. The number of nitrogens with zero attached hydrogens (tertiary/aromatic N) is 2. The molecule has 0 aliphatic carbocycles. The zero-order valence-electron chi connectivity index (χ0n) is 12.1. The maximum absolute atomic E-state index is 11.6. The van der Waals surface area contributed by atoms with Gasteiger partial charge in [0.05, 0.1) is 7.11 Å². The van der Waals surface area contributed by atoms with Crippen molar-refractivity contribution < 1.29 is 14.3 Å². The highest BCUT2D eigenvalue weighted by Gasteiger charge is 2.17. The third-order valence-corrected chi connectivity index (χ3v) is 2.17. The zero-order chi connectivity index (χ0) is 14.5. The molecule has 1 unspecified atom stereocenters. The van der Waals surface area contributed by atoms with Crippen LogP contribution in [0.4, 0.5) is 4.79 Å². The topological polar surface area (TPSA) is 73.3 Å². The van der Waals surface area contributed by atoms with Crippen molar-refractivity contribution in [3.63, 3.8) is 0 Å². The van der Waals surface area contributed by atoms with Crippen LogP contribution < -0.4 is 10.1 Å². The Hall–Kier alpha value is -1.85. The summed E-state index contributed by atoms with van der Waals surface area (Å²) in [7, 11) is 1.51. The monoisotopic (exact) mass is 267 g/mol. The predicted molar refractivity (Wildman–Crippen MR) is 71.1 cm³/mol. The number of aromatic nitrogens is 2. The summed E-state index contributed by atoms with van der Waals surface area (Å²) in [4.78, 5) is 19.6. The summed E-state index contributed by atoms with van der Waals surface area (Å²) >= 11 is 0. The van der Waals surface area contributed by atoms with Gasteiger partial charge in [-0.25, -0.2) is 14.8 Å². The van der Waals surface area contributed by atoms with Gasteiger partial charge in [-0.3, -0.25) is 0 Å². The number of carbonyl (C=O) groups is 1. The van der Waals surface area contributed by atoms with Crippen LogP contribution in [-0.2, 0) is 11.2 Å². The lowest BCUT2D eigenvalue weighted by atomic mass is 10.1. The quantitative estimate of drug-likeness (QED) is 0.902. The van der Waals surface area contributed by atoms with Gasteiger partial charge in [-0.05, 0) is 33.3 Å². The number of rotatable bonds is 4. The number of methoxy groups -OCH3 is 1. The molecule has 0 aromatic carbocycles. The molecule has 1 rings (SSSR count). The van der Waals surface area contributed by atoms with E-state index in [9.17, 15) is 4.79 Å². The Morgan fingerprint density at radius 2 is 1.95 bits per heavy atom. The molecule has 0 saturated carbocycles. The van der Waals surface area contributed by atoms with E-state index in [4.69, 9.17) is 9.47 Å². The van der Waals surface area contributed by atoms with Crippen molar-refractivity contribution in [2.24, 2.45) is 0 Å². The Morgan fingerprint density at radius 1 is 1.37 bits per heavy atom. The Balaban J connectivity index is 2.46. The van der Waals surface area contributed by atoms with Gasteiger partial charge in [0.25, 0.3) is 0 Å². The number of ether oxygens (including phenoxy) is 2. The van der Waals surface area contributed by atoms with E-state index in [1.807, 2.05) is 27.7 Å². The van der Waals surface area contributed by atoms with E-state index >= 15 is 0 Å². The highest BCUT2D eigenvalue weighted by atomic mass is 16.6. The van der Waals surface area contributed by atoms with Crippen molar-refractivity contribution >= 4 is 6.09 Å². The summed E-state index contributed by atoms with van der Waals surface area (Å²) in [5, 5.41) is 2.74. The van der Waals surface area contributed by atoms with Crippen LogP contribution in [0.3, 0.4) is 0 Å².